The second-order valence-corrected chi connectivity index (χ2v) is 5.15. The van der Waals surface area contributed by atoms with E-state index in [1.807, 2.05) is 13.8 Å². The predicted molar refractivity (Wildman–Crippen MR) is 78.0 cm³/mol. The van der Waals surface area contributed by atoms with E-state index in [2.05, 4.69) is 15.3 Å². The Morgan fingerprint density at radius 2 is 1.95 bits per heavy atom. The number of hydrogen-bond acceptors (Lipinski definition) is 3. The first-order valence-electron chi connectivity index (χ1n) is 7.02. The van der Waals surface area contributed by atoms with E-state index in [9.17, 15) is 18.0 Å². The van der Waals surface area contributed by atoms with Gasteiger partial charge in [0, 0.05) is 13.6 Å². The van der Waals surface area contributed by atoms with Crippen LogP contribution in [0.3, 0.4) is 0 Å². The fourth-order valence-corrected chi connectivity index (χ4v) is 2.43. The second-order valence-electron chi connectivity index (χ2n) is 4.77. The highest BCUT2D eigenvalue weighted by Crippen LogP contribution is 2.35. The Hall–Kier alpha value is -1.28. The summed E-state index contributed by atoms with van der Waals surface area (Å²) in [6, 6.07) is 0. The first-order valence-corrected chi connectivity index (χ1v) is 7.40. The van der Waals surface area contributed by atoms with Crippen molar-refractivity contribution in [1.29, 1.82) is 0 Å². The fourth-order valence-electron chi connectivity index (χ4n) is 2.08. The standard InChI is InChI=1S/C13H20ClF3N4O/c1-4-21(5-2)8-6-7-18-12(22)10-9(14)11(13(15,16)17)20(3)19-10/h4-8H2,1-3H3,(H,18,22). The van der Waals surface area contributed by atoms with E-state index in [-0.39, 0.29) is 0 Å². The first-order chi connectivity index (χ1) is 10.2. The normalized spacial score (nSPS) is 12.0. The highest BCUT2D eigenvalue weighted by atomic mass is 35.5. The van der Waals surface area contributed by atoms with Gasteiger partial charge in [0.2, 0.25) is 0 Å². The van der Waals surface area contributed by atoms with Gasteiger partial charge in [0.05, 0.1) is 0 Å². The van der Waals surface area contributed by atoms with E-state index >= 15 is 0 Å². The van der Waals surface area contributed by atoms with Crippen LogP contribution < -0.4 is 5.32 Å². The summed E-state index contributed by atoms with van der Waals surface area (Å²) in [7, 11) is 1.10. The number of aromatic nitrogens is 2. The molecule has 0 aliphatic rings. The molecule has 0 bridgehead atoms. The lowest BCUT2D eigenvalue weighted by atomic mass is 10.3. The lowest BCUT2D eigenvalue weighted by molar-refractivity contribution is -0.143. The average molecular weight is 341 g/mol. The van der Waals surface area contributed by atoms with Gasteiger partial charge >= 0.3 is 6.18 Å². The zero-order chi connectivity index (χ0) is 16.9. The van der Waals surface area contributed by atoms with Crippen molar-refractivity contribution in [3.05, 3.63) is 16.4 Å². The highest BCUT2D eigenvalue weighted by molar-refractivity contribution is 6.34. The van der Waals surface area contributed by atoms with Gasteiger partial charge in [0.1, 0.15) is 5.02 Å². The Morgan fingerprint density at radius 3 is 2.41 bits per heavy atom. The molecule has 1 heterocycles. The number of halogens is 4. The van der Waals surface area contributed by atoms with Gasteiger partial charge in [-0.1, -0.05) is 25.4 Å². The summed E-state index contributed by atoms with van der Waals surface area (Å²) in [6.45, 7) is 7.04. The molecule has 1 aromatic rings. The van der Waals surface area contributed by atoms with Gasteiger partial charge in [0.25, 0.3) is 5.91 Å². The molecule has 0 aromatic carbocycles. The molecule has 1 rings (SSSR count). The number of nitrogens with zero attached hydrogens (tertiary/aromatic N) is 3. The monoisotopic (exact) mass is 340 g/mol. The average Bonchev–Trinajstić information content (AvgIpc) is 2.73. The topological polar surface area (TPSA) is 50.2 Å². The third-order valence-corrected chi connectivity index (χ3v) is 3.66. The van der Waals surface area contributed by atoms with Crippen molar-refractivity contribution in [2.45, 2.75) is 26.4 Å². The summed E-state index contributed by atoms with van der Waals surface area (Å²) < 4.78 is 38.9. The molecule has 0 aliphatic carbocycles. The van der Waals surface area contributed by atoms with Crippen LogP contribution in [0.15, 0.2) is 0 Å². The number of aryl methyl sites for hydroxylation is 1. The zero-order valence-corrected chi connectivity index (χ0v) is 13.6. The third-order valence-electron chi connectivity index (χ3n) is 3.30. The molecule has 0 unspecified atom stereocenters. The summed E-state index contributed by atoms with van der Waals surface area (Å²) in [5.41, 5.74) is -1.53. The van der Waals surface area contributed by atoms with Crippen LogP contribution in [0.2, 0.25) is 5.02 Å². The fraction of sp³-hybridized carbons (Fsp3) is 0.692. The molecule has 0 aliphatic heterocycles. The molecule has 126 valence electrons. The minimum atomic E-state index is -4.65. The molecule has 0 spiro atoms. The third kappa shape index (κ3) is 4.61. The van der Waals surface area contributed by atoms with Gasteiger partial charge in [-0.2, -0.15) is 18.3 Å². The maximum atomic E-state index is 12.8. The van der Waals surface area contributed by atoms with Crippen LogP contribution in [-0.2, 0) is 13.2 Å². The molecular formula is C13H20ClF3N4O. The summed E-state index contributed by atoms with van der Waals surface area (Å²) in [4.78, 5) is 14.1. The van der Waals surface area contributed by atoms with Crippen molar-refractivity contribution >= 4 is 17.5 Å². The SMILES string of the molecule is CCN(CC)CCCNC(=O)c1nn(C)c(C(F)(F)F)c1Cl. The Bertz CT molecular complexity index is 512. The molecule has 0 fully saturated rings. The van der Waals surface area contributed by atoms with E-state index in [1.54, 1.807) is 0 Å². The maximum Gasteiger partial charge on any atom is 0.434 e. The van der Waals surface area contributed by atoms with Crippen molar-refractivity contribution < 1.29 is 18.0 Å². The molecular weight excluding hydrogens is 321 g/mol. The van der Waals surface area contributed by atoms with Gasteiger partial charge < -0.3 is 10.2 Å². The van der Waals surface area contributed by atoms with Crippen LogP contribution in [0.1, 0.15) is 36.5 Å². The lowest BCUT2D eigenvalue weighted by Gasteiger charge is -2.17. The quantitative estimate of drug-likeness (QED) is 0.776. The summed E-state index contributed by atoms with van der Waals surface area (Å²) >= 11 is 5.64. The van der Waals surface area contributed by atoms with E-state index < -0.39 is 28.5 Å². The van der Waals surface area contributed by atoms with Gasteiger partial charge in [0.15, 0.2) is 11.4 Å². The van der Waals surface area contributed by atoms with Crippen LogP contribution in [0.25, 0.3) is 0 Å². The smallest absolute Gasteiger partial charge is 0.351 e. The molecule has 0 radical (unpaired) electrons. The van der Waals surface area contributed by atoms with Gasteiger partial charge in [-0.05, 0) is 26.1 Å². The van der Waals surface area contributed by atoms with Crippen LogP contribution in [0.4, 0.5) is 13.2 Å². The molecule has 0 saturated carbocycles. The number of carbonyl (C=O) groups excluding carboxylic acids is 1. The van der Waals surface area contributed by atoms with Gasteiger partial charge in [-0.3, -0.25) is 9.48 Å². The highest BCUT2D eigenvalue weighted by Gasteiger charge is 2.39. The lowest BCUT2D eigenvalue weighted by Crippen LogP contribution is -2.30. The minimum absolute atomic E-state index is 0.351. The van der Waals surface area contributed by atoms with Crippen molar-refractivity contribution in [1.82, 2.24) is 20.0 Å². The largest absolute Gasteiger partial charge is 0.434 e. The van der Waals surface area contributed by atoms with Crippen molar-refractivity contribution in [2.24, 2.45) is 7.05 Å². The number of alkyl halides is 3. The number of carbonyl (C=O) groups is 1. The van der Waals surface area contributed by atoms with Crippen LogP contribution in [0.5, 0.6) is 0 Å². The van der Waals surface area contributed by atoms with E-state index in [0.29, 0.717) is 17.6 Å². The van der Waals surface area contributed by atoms with Crippen molar-refractivity contribution in [3.8, 4) is 0 Å². The van der Waals surface area contributed by atoms with Gasteiger partial charge in [-0.15, -0.1) is 0 Å². The number of nitrogens with one attached hydrogen (secondary N) is 1. The summed E-state index contributed by atoms with van der Waals surface area (Å²) in [6.07, 6.45) is -3.95. The summed E-state index contributed by atoms with van der Waals surface area (Å²) in [5.74, 6) is -0.698. The summed E-state index contributed by atoms with van der Waals surface area (Å²) in [5, 5.41) is 5.44. The zero-order valence-electron chi connectivity index (χ0n) is 12.8. The van der Waals surface area contributed by atoms with E-state index in [4.69, 9.17) is 11.6 Å². The van der Waals surface area contributed by atoms with E-state index in [1.165, 1.54) is 0 Å². The van der Waals surface area contributed by atoms with E-state index in [0.717, 1.165) is 26.7 Å². The molecule has 5 nitrogen and oxygen atoms in total. The van der Waals surface area contributed by atoms with Crippen molar-refractivity contribution in [2.75, 3.05) is 26.2 Å². The Labute approximate surface area is 132 Å². The molecule has 1 N–H and O–H groups in total. The molecule has 9 heteroatoms. The number of amides is 1. The van der Waals surface area contributed by atoms with Crippen LogP contribution in [0, 0.1) is 0 Å². The van der Waals surface area contributed by atoms with Crippen LogP contribution in [-0.4, -0.2) is 46.8 Å². The van der Waals surface area contributed by atoms with Crippen LogP contribution >= 0.6 is 11.6 Å². The number of rotatable bonds is 7. The molecule has 22 heavy (non-hydrogen) atoms. The minimum Gasteiger partial charge on any atom is -0.351 e. The maximum absolute atomic E-state index is 12.8. The van der Waals surface area contributed by atoms with Gasteiger partial charge in [-0.25, -0.2) is 0 Å². The second kappa shape index (κ2) is 7.82. The Kier molecular flexibility index (Phi) is 6.67. The van der Waals surface area contributed by atoms with Crippen molar-refractivity contribution in [3.63, 3.8) is 0 Å². The first kappa shape index (κ1) is 18.8. The molecule has 0 saturated heterocycles. The Balaban J connectivity index is 2.64. The molecule has 0 atom stereocenters. The Morgan fingerprint density at radius 1 is 1.36 bits per heavy atom. The molecule has 1 aromatic heterocycles. The molecule has 1 amide bonds. The predicted octanol–water partition coefficient (Wildman–Crippen LogP) is 2.55. The number of hydrogen-bond donors (Lipinski definition) is 1.